The van der Waals surface area contributed by atoms with E-state index in [-0.39, 0.29) is 19.4 Å². The van der Waals surface area contributed by atoms with Gasteiger partial charge in [0.25, 0.3) is 0 Å². The van der Waals surface area contributed by atoms with Gasteiger partial charge in [-0.15, -0.1) is 0 Å². The number of rotatable bonds is 13. The zero-order valence-corrected chi connectivity index (χ0v) is 24.2. The number of nitrogens with one attached hydrogen (secondary N) is 3. The number of fused-ring (bicyclic) bond motifs is 1. The molecular weight excluding hydrogens is 548 g/mol. The zero-order chi connectivity index (χ0) is 30.8. The van der Waals surface area contributed by atoms with E-state index in [1.54, 1.807) is 30.5 Å². The van der Waals surface area contributed by atoms with E-state index in [0.717, 1.165) is 34.0 Å². The van der Waals surface area contributed by atoms with Crippen molar-refractivity contribution in [2.75, 3.05) is 6.61 Å². The number of carbonyl (C=O) groups excluding carboxylic acids is 4. The molecule has 43 heavy (non-hydrogen) atoms. The van der Waals surface area contributed by atoms with Crippen LogP contribution in [-0.4, -0.2) is 47.6 Å². The van der Waals surface area contributed by atoms with E-state index < -0.39 is 36.0 Å². The molecule has 224 valence electrons. The van der Waals surface area contributed by atoms with Crippen molar-refractivity contribution in [3.63, 3.8) is 0 Å². The summed E-state index contributed by atoms with van der Waals surface area (Å²) in [7, 11) is 0. The molecule has 0 radical (unpaired) electrons. The summed E-state index contributed by atoms with van der Waals surface area (Å²) < 4.78 is 10.5. The quantitative estimate of drug-likeness (QED) is 0.174. The molecule has 1 unspecified atom stereocenters. The van der Waals surface area contributed by atoms with Crippen LogP contribution in [0.3, 0.4) is 0 Å². The van der Waals surface area contributed by atoms with Crippen molar-refractivity contribution in [1.29, 1.82) is 0 Å². The first-order chi connectivity index (χ1) is 20.7. The number of nitrogens with two attached hydrogens (primary N) is 1. The molecule has 1 aromatic heterocycles. The Morgan fingerprint density at radius 1 is 0.837 bits per heavy atom. The highest BCUT2D eigenvalue weighted by molar-refractivity contribution is 5.92. The number of aryl methyl sites for hydroxylation is 1. The predicted molar refractivity (Wildman–Crippen MR) is 162 cm³/mol. The van der Waals surface area contributed by atoms with Crippen molar-refractivity contribution in [2.45, 2.75) is 51.8 Å². The van der Waals surface area contributed by atoms with Gasteiger partial charge in [0.2, 0.25) is 11.8 Å². The lowest BCUT2D eigenvalue weighted by atomic mass is 10.0. The number of carbonyl (C=O) groups is 4. The maximum absolute atomic E-state index is 13.5. The summed E-state index contributed by atoms with van der Waals surface area (Å²) >= 11 is 0. The lowest BCUT2D eigenvalue weighted by Crippen LogP contribution is -2.54. The first-order valence-electron chi connectivity index (χ1n) is 14.1. The Kier molecular flexibility index (Phi) is 10.5. The summed E-state index contributed by atoms with van der Waals surface area (Å²) in [6.07, 6.45) is 2.02. The highest BCUT2D eigenvalue weighted by atomic mass is 16.5. The highest BCUT2D eigenvalue weighted by Gasteiger charge is 2.27. The molecule has 2 atom stereocenters. The van der Waals surface area contributed by atoms with Crippen LogP contribution in [0.15, 0.2) is 79.0 Å². The molecule has 0 aliphatic rings. The van der Waals surface area contributed by atoms with Crippen LogP contribution in [0.2, 0.25) is 0 Å². The molecule has 3 amide bonds. The standard InChI is InChI=1S/C33H36N4O6/c1-3-16-42-32(40)24-14-12-23(13-15-24)20-43-33(41)37-29(18-25-19-35-27-7-5-4-6-26(25)27)31(39)36-28(30(34)38)17-22-10-8-21(2)9-11-22/h4-15,19,28-29,35H,3,16-18,20H2,1-2H3,(H2,34,38)(H,36,39)(H,37,41)/t28?,29-/m0/s1. The summed E-state index contributed by atoms with van der Waals surface area (Å²) in [5.74, 6) is -1.69. The monoisotopic (exact) mass is 584 g/mol. The van der Waals surface area contributed by atoms with Gasteiger partial charge >= 0.3 is 12.1 Å². The van der Waals surface area contributed by atoms with Crippen LogP contribution in [0, 0.1) is 6.92 Å². The van der Waals surface area contributed by atoms with Crippen molar-refractivity contribution < 1.29 is 28.7 Å². The third kappa shape index (κ3) is 8.68. The van der Waals surface area contributed by atoms with Crippen LogP contribution in [0.4, 0.5) is 4.79 Å². The van der Waals surface area contributed by atoms with Crippen LogP contribution in [-0.2, 0) is 38.5 Å². The molecule has 0 fully saturated rings. The Morgan fingerprint density at radius 3 is 2.23 bits per heavy atom. The van der Waals surface area contributed by atoms with Gasteiger partial charge in [-0.2, -0.15) is 0 Å². The largest absolute Gasteiger partial charge is 0.462 e. The van der Waals surface area contributed by atoms with Crippen molar-refractivity contribution in [3.8, 4) is 0 Å². The van der Waals surface area contributed by atoms with E-state index in [2.05, 4.69) is 15.6 Å². The molecule has 10 nitrogen and oxygen atoms in total. The number of amides is 3. The van der Waals surface area contributed by atoms with Crippen molar-refractivity contribution in [3.05, 3.63) is 107 Å². The third-order valence-corrected chi connectivity index (χ3v) is 6.92. The fraction of sp³-hybridized carbons (Fsp3) is 0.273. The lowest BCUT2D eigenvalue weighted by Gasteiger charge is -2.22. The van der Waals surface area contributed by atoms with Gasteiger partial charge in [0.15, 0.2) is 0 Å². The number of hydrogen-bond donors (Lipinski definition) is 4. The molecule has 0 aliphatic heterocycles. The molecule has 3 aromatic carbocycles. The van der Waals surface area contributed by atoms with E-state index in [4.69, 9.17) is 15.2 Å². The van der Waals surface area contributed by atoms with Crippen molar-refractivity contribution in [1.82, 2.24) is 15.6 Å². The fourth-order valence-electron chi connectivity index (χ4n) is 4.53. The predicted octanol–water partition coefficient (Wildman–Crippen LogP) is 4.09. The third-order valence-electron chi connectivity index (χ3n) is 6.92. The Bertz CT molecular complexity index is 1560. The Morgan fingerprint density at radius 2 is 1.53 bits per heavy atom. The summed E-state index contributed by atoms with van der Waals surface area (Å²) in [4.78, 5) is 53.9. The number of alkyl carbamates (subject to hydrolysis) is 1. The fourth-order valence-corrected chi connectivity index (χ4v) is 4.53. The van der Waals surface area contributed by atoms with Gasteiger partial charge in [-0.1, -0.05) is 67.1 Å². The zero-order valence-electron chi connectivity index (χ0n) is 24.2. The first-order valence-corrected chi connectivity index (χ1v) is 14.1. The average molecular weight is 585 g/mol. The number of benzene rings is 3. The second kappa shape index (κ2) is 14.7. The van der Waals surface area contributed by atoms with Crippen LogP contribution in [0.1, 0.15) is 46.0 Å². The molecule has 4 aromatic rings. The highest BCUT2D eigenvalue weighted by Crippen LogP contribution is 2.19. The van der Waals surface area contributed by atoms with Crippen molar-refractivity contribution in [2.24, 2.45) is 5.73 Å². The Hall–Kier alpha value is -5.12. The van der Waals surface area contributed by atoms with Gasteiger partial charge in [-0.3, -0.25) is 9.59 Å². The SMILES string of the molecule is CCCOC(=O)c1ccc(COC(=O)N[C@@H](Cc2c[nH]c3ccccc23)C(=O)NC(Cc2ccc(C)cc2)C(N)=O)cc1. The summed E-state index contributed by atoms with van der Waals surface area (Å²) in [6.45, 7) is 4.11. The minimum absolute atomic E-state index is 0.0884. The first kappa shape index (κ1) is 30.8. The van der Waals surface area contributed by atoms with Gasteiger partial charge in [0.05, 0.1) is 12.2 Å². The van der Waals surface area contributed by atoms with Crippen LogP contribution in [0.5, 0.6) is 0 Å². The maximum atomic E-state index is 13.5. The molecule has 4 rings (SSSR count). The molecule has 0 saturated carbocycles. The smallest absolute Gasteiger partial charge is 0.408 e. The second-order valence-electron chi connectivity index (χ2n) is 10.3. The van der Waals surface area contributed by atoms with Gasteiger partial charge in [-0.25, -0.2) is 9.59 Å². The number of hydrogen-bond acceptors (Lipinski definition) is 6. The number of para-hydroxylation sites is 1. The van der Waals surface area contributed by atoms with Gasteiger partial charge < -0.3 is 30.8 Å². The van der Waals surface area contributed by atoms with Crippen LogP contribution < -0.4 is 16.4 Å². The molecule has 5 N–H and O–H groups in total. The number of aromatic nitrogens is 1. The number of primary amides is 1. The molecule has 10 heteroatoms. The van der Waals surface area contributed by atoms with Crippen LogP contribution >= 0.6 is 0 Å². The summed E-state index contributed by atoms with van der Waals surface area (Å²) in [6, 6.07) is 19.6. The normalized spacial score (nSPS) is 12.2. The summed E-state index contributed by atoms with van der Waals surface area (Å²) in [5.41, 5.74) is 10.3. The van der Waals surface area contributed by atoms with Crippen LogP contribution in [0.25, 0.3) is 10.9 Å². The van der Waals surface area contributed by atoms with E-state index in [1.807, 2.05) is 62.4 Å². The number of ether oxygens (including phenoxy) is 2. The molecule has 0 saturated heterocycles. The minimum atomic E-state index is -1.07. The Balaban J connectivity index is 1.45. The number of H-pyrrole nitrogens is 1. The van der Waals surface area contributed by atoms with Gasteiger partial charge in [0, 0.05) is 29.9 Å². The van der Waals surface area contributed by atoms with E-state index in [0.29, 0.717) is 17.7 Å². The van der Waals surface area contributed by atoms with Crippen molar-refractivity contribution >= 4 is 34.8 Å². The van der Waals surface area contributed by atoms with Gasteiger partial charge in [-0.05, 0) is 48.2 Å². The number of esters is 1. The van der Waals surface area contributed by atoms with E-state index in [1.165, 1.54) is 0 Å². The van der Waals surface area contributed by atoms with Gasteiger partial charge in [0.1, 0.15) is 18.7 Å². The van der Waals surface area contributed by atoms with E-state index >= 15 is 0 Å². The summed E-state index contributed by atoms with van der Waals surface area (Å²) in [5, 5.41) is 6.26. The molecule has 0 spiro atoms. The Labute approximate surface area is 249 Å². The lowest BCUT2D eigenvalue weighted by molar-refractivity contribution is -0.128. The topological polar surface area (TPSA) is 153 Å². The molecule has 0 bridgehead atoms. The maximum Gasteiger partial charge on any atom is 0.408 e. The molecular formula is C33H36N4O6. The second-order valence-corrected chi connectivity index (χ2v) is 10.3. The number of aromatic amines is 1. The average Bonchev–Trinajstić information content (AvgIpc) is 3.42. The molecule has 1 heterocycles. The van der Waals surface area contributed by atoms with E-state index in [9.17, 15) is 19.2 Å². The molecule has 0 aliphatic carbocycles. The minimum Gasteiger partial charge on any atom is -0.462 e.